The van der Waals surface area contributed by atoms with Gasteiger partial charge >= 0.3 is 0 Å². The zero-order valence-corrected chi connectivity index (χ0v) is 17.6. The molecular weight excluding hydrogens is 396 g/mol. The lowest BCUT2D eigenvalue weighted by atomic mass is 10.1. The van der Waals surface area contributed by atoms with E-state index in [0.29, 0.717) is 30.9 Å². The topological polar surface area (TPSA) is 118 Å². The van der Waals surface area contributed by atoms with Gasteiger partial charge in [-0.2, -0.15) is 0 Å². The Balaban J connectivity index is 0.00000450. The minimum Gasteiger partial charge on any atom is -0.380 e. The van der Waals surface area contributed by atoms with Crippen LogP contribution in [0.25, 0.3) is 0 Å². The van der Waals surface area contributed by atoms with E-state index in [1.54, 1.807) is 38.4 Å². The third-order valence-electron chi connectivity index (χ3n) is 4.33. The second kappa shape index (κ2) is 11.0. The van der Waals surface area contributed by atoms with E-state index in [9.17, 15) is 18.0 Å². The molecule has 0 aliphatic heterocycles. The standard InChI is InChI=1S/C19H28N4O5S.2H2/c1-3-23(28-4-2)29(26,27)14-8-6-5-7-11-21-16-17(19(25)18(16)24)22-15-9-12-20-13-10-15;;/h9-10,12-13,21H,3-8,11,14H2,1-2H3,(H,20,22);2*1H. The summed E-state index contributed by atoms with van der Waals surface area (Å²) < 4.78 is 25.3. The molecule has 0 unspecified atom stereocenters. The third-order valence-corrected chi connectivity index (χ3v) is 6.12. The SMILES string of the molecule is CCON(CC)S(=O)(=O)CCCCCCNc1c(Nc2ccncc2)c(=O)c1=O.[HH].[HH]. The zero-order chi connectivity index (χ0) is 21.3. The Hall–Kier alpha value is -2.30. The number of sulfonamides is 1. The number of rotatable bonds is 14. The summed E-state index contributed by atoms with van der Waals surface area (Å²) in [5, 5.41) is 5.94. The van der Waals surface area contributed by atoms with Crippen LogP contribution < -0.4 is 21.5 Å². The zero-order valence-electron chi connectivity index (χ0n) is 16.8. The van der Waals surface area contributed by atoms with Crippen LogP contribution in [0.5, 0.6) is 0 Å². The van der Waals surface area contributed by atoms with Crippen molar-refractivity contribution in [1.29, 1.82) is 0 Å². The Kier molecular flexibility index (Phi) is 8.74. The van der Waals surface area contributed by atoms with E-state index in [-0.39, 0.29) is 20.8 Å². The second-order valence-electron chi connectivity index (χ2n) is 6.46. The predicted octanol–water partition coefficient (Wildman–Crippen LogP) is 2.49. The fourth-order valence-corrected chi connectivity index (χ4v) is 4.28. The molecule has 2 rings (SSSR count). The fraction of sp³-hybridized carbons (Fsp3) is 0.526. The number of pyridine rings is 1. The number of unbranched alkanes of at least 4 members (excludes halogenated alkanes) is 3. The first kappa shape index (κ1) is 23.0. The maximum atomic E-state index is 12.1. The van der Waals surface area contributed by atoms with Crippen molar-refractivity contribution in [3.05, 3.63) is 45.0 Å². The molecule has 0 amide bonds. The van der Waals surface area contributed by atoms with Gasteiger partial charge in [-0.25, -0.2) is 8.42 Å². The molecule has 0 bridgehead atoms. The molecular formula is C19H32N4O5S. The van der Waals surface area contributed by atoms with Crippen LogP contribution in [-0.4, -0.2) is 43.3 Å². The lowest BCUT2D eigenvalue weighted by Gasteiger charge is -2.18. The highest BCUT2D eigenvalue weighted by molar-refractivity contribution is 7.88. The van der Waals surface area contributed by atoms with E-state index in [1.165, 1.54) is 0 Å². The predicted molar refractivity (Wildman–Crippen MR) is 118 cm³/mol. The van der Waals surface area contributed by atoms with Gasteiger partial charge in [0.15, 0.2) is 0 Å². The van der Waals surface area contributed by atoms with E-state index in [1.807, 2.05) is 0 Å². The Labute approximate surface area is 173 Å². The largest absolute Gasteiger partial charge is 0.380 e. The van der Waals surface area contributed by atoms with Crippen LogP contribution in [0.4, 0.5) is 17.1 Å². The molecule has 0 spiro atoms. The molecule has 164 valence electrons. The van der Waals surface area contributed by atoms with Crippen molar-refractivity contribution >= 4 is 27.1 Å². The number of aromatic nitrogens is 1. The summed E-state index contributed by atoms with van der Waals surface area (Å²) in [6.07, 6.45) is 6.05. The minimum atomic E-state index is -3.39. The first-order valence-corrected chi connectivity index (χ1v) is 11.4. The van der Waals surface area contributed by atoms with Crippen molar-refractivity contribution in [2.24, 2.45) is 0 Å². The van der Waals surface area contributed by atoms with Crippen molar-refractivity contribution < 1.29 is 16.1 Å². The Bertz CT molecular complexity index is 950. The van der Waals surface area contributed by atoms with E-state index >= 15 is 0 Å². The van der Waals surface area contributed by atoms with E-state index < -0.39 is 20.9 Å². The van der Waals surface area contributed by atoms with Gasteiger partial charge in [0, 0.05) is 34.0 Å². The van der Waals surface area contributed by atoms with Gasteiger partial charge in [-0.15, -0.1) is 0 Å². The van der Waals surface area contributed by atoms with Crippen LogP contribution in [0, 0.1) is 0 Å². The van der Waals surface area contributed by atoms with Crippen LogP contribution in [0.15, 0.2) is 34.1 Å². The molecule has 1 heterocycles. The number of nitrogens with one attached hydrogen (secondary N) is 2. The lowest BCUT2D eigenvalue weighted by molar-refractivity contribution is -0.0743. The summed E-state index contributed by atoms with van der Waals surface area (Å²) in [4.78, 5) is 32.6. The molecule has 0 aliphatic carbocycles. The molecule has 0 radical (unpaired) electrons. The highest BCUT2D eigenvalue weighted by Crippen LogP contribution is 2.20. The quantitative estimate of drug-likeness (QED) is 0.268. The summed E-state index contributed by atoms with van der Waals surface area (Å²) in [6.45, 7) is 4.62. The summed E-state index contributed by atoms with van der Waals surface area (Å²) in [5.41, 5.74) is 0.185. The monoisotopic (exact) mass is 428 g/mol. The molecule has 2 N–H and O–H groups in total. The molecule has 0 saturated heterocycles. The summed E-state index contributed by atoms with van der Waals surface area (Å²) in [7, 11) is -3.39. The summed E-state index contributed by atoms with van der Waals surface area (Å²) in [5.74, 6) is 0.0480. The van der Waals surface area contributed by atoms with E-state index in [4.69, 9.17) is 4.84 Å². The molecule has 0 aliphatic rings. The number of hydroxylamine groups is 1. The van der Waals surface area contributed by atoms with Crippen molar-refractivity contribution in [2.75, 3.05) is 36.1 Å². The maximum absolute atomic E-state index is 12.1. The van der Waals surface area contributed by atoms with Crippen LogP contribution in [0.2, 0.25) is 0 Å². The summed E-state index contributed by atoms with van der Waals surface area (Å²) >= 11 is 0. The van der Waals surface area contributed by atoms with Gasteiger partial charge in [0.05, 0.1) is 12.4 Å². The number of nitrogens with zero attached hydrogens (tertiary/aromatic N) is 2. The number of hydrogen-bond donors (Lipinski definition) is 2. The van der Waals surface area contributed by atoms with Crippen LogP contribution >= 0.6 is 0 Å². The minimum absolute atomic E-state index is 0. The van der Waals surface area contributed by atoms with Crippen molar-refractivity contribution in [3.8, 4) is 0 Å². The Morgan fingerprint density at radius 3 is 2.34 bits per heavy atom. The lowest BCUT2D eigenvalue weighted by Crippen LogP contribution is -2.36. The van der Waals surface area contributed by atoms with Crippen molar-refractivity contribution in [3.63, 3.8) is 0 Å². The fourth-order valence-electron chi connectivity index (χ4n) is 2.85. The molecule has 1 aromatic carbocycles. The summed E-state index contributed by atoms with van der Waals surface area (Å²) in [6, 6.07) is 3.42. The molecule has 2 aromatic rings. The van der Waals surface area contributed by atoms with E-state index in [2.05, 4.69) is 15.6 Å². The molecule has 0 saturated carbocycles. The van der Waals surface area contributed by atoms with Gasteiger partial charge in [0.2, 0.25) is 10.0 Å². The van der Waals surface area contributed by atoms with Gasteiger partial charge < -0.3 is 10.6 Å². The number of hydrogen-bond acceptors (Lipinski definition) is 8. The average Bonchev–Trinajstić information content (AvgIpc) is 2.72. The molecule has 9 nitrogen and oxygen atoms in total. The highest BCUT2D eigenvalue weighted by atomic mass is 32.2. The van der Waals surface area contributed by atoms with Crippen LogP contribution in [0.1, 0.15) is 42.4 Å². The van der Waals surface area contributed by atoms with Crippen molar-refractivity contribution in [1.82, 2.24) is 9.45 Å². The highest BCUT2D eigenvalue weighted by Gasteiger charge is 2.21. The normalized spacial score (nSPS) is 11.8. The second-order valence-corrected chi connectivity index (χ2v) is 8.44. The van der Waals surface area contributed by atoms with Crippen LogP contribution in [0.3, 0.4) is 0 Å². The molecule has 0 atom stereocenters. The molecule has 29 heavy (non-hydrogen) atoms. The number of anilines is 3. The molecule has 10 heteroatoms. The van der Waals surface area contributed by atoms with Gasteiger partial charge in [0.1, 0.15) is 11.4 Å². The Morgan fingerprint density at radius 1 is 1.03 bits per heavy atom. The average molecular weight is 429 g/mol. The van der Waals surface area contributed by atoms with Gasteiger partial charge in [-0.3, -0.25) is 19.4 Å². The van der Waals surface area contributed by atoms with Crippen molar-refractivity contribution in [2.45, 2.75) is 39.5 Å². The molecule has 0 fully saturated rings. The van der Waals surface area contributed by atoms with Gasteiger partial charge in [0.25, 0.3) is 10.9 Å². The van der Waals surface area contributed by atoms with Crippen LogP contribution in [-0.2, 0) is 14.9 Å². The van der Waals surface area contributed by atoms with E-state index in [0.717, 1.165) is 23.7 Å². The molecule has 1 aromatic heterocycles. The Morgan fingerprint density at radius 2 is 1.69 bits per heavy atom. The first-order valence-electron chi connectivity index (χ1n) is 9.78. The first-order chi connectivity index (χ1) is 13.9. The third kappa shape index (κ3) is 6.34. The maximum Gasteiger partial charge on any atom is 0.253 e. The van der Waals surface area contributed by atoms with Gasteiger partial charge in [-0.1, -0.05) is 17.3 Å². The smallest absolute Gasteiger partial charge is 0.253 e. The van der Waals surface area contributed by atoms with Gasteiger partial charge in [-0.05, 0) is 38.8 Å².